The number of nitrogens with zero attached hydrogens (tertiary/aromatic N) is 2. The molecule has 0 spiro atoms. The van der Waals surface area contributed by atoms with Crippen LogP contribution in [0.5, 0.6) is 11.5 Å². The van der Waals surface area contributed by atoms with Crippen LogP contribution in [-0.2, 0) is 11.3 Å². The first-order chi connectivity index (χ1) is 12.6. The summed E-state index contributed by atoms with van der Waals surface area (Å²) in [5.41, 5.74) is 0.580. The van der Waals surface area contributed by atoms with Gasteiger partial charge >= 0.3 is 5.97 Å². The van der Waals surface area contributed by atoms with Gasteiger partial charge in [-0.25, -0.2) is 0 Å². The molecule has 2 aromatic rings. The standard InChI is InChI=1S/C19H24N2O4S/c1-24-15-6-3-7-16(25-2)17(15)18(19(22)23)21-10-8-20(9-11-21)13-14-5-4-12-26-14/h3-7,12,18H,8-11,13H2,1-2H3,(H,22,23). The topological polar surface area (TPSA) is 62.2 Å². The van der Waals surface area contributed by atoms with Crippen molar-refractivity contribution in [2.75, 3.05) is 40.4 Å². The Labute approximate surface area is 157 Å². The third-order valence-electron chi connectivity index (χ3n) is 4.70. The SMILES string of the molecule is COc1cccc(OC)c1C(C(=O)O)N1CCN(Cc2cccs2)CC1. The van der Waals surface area contributed by atoms with Gasteiger partial charge < -0.3 is 14.6 Å². The minimum absolute atomic E-state index is 0.540. The van der Waals surface area contributed by atoms with Crippen molar-refractivity contribution in [1.82, 2.24) is 9.80 Å². The van der Waals surface area contributed by atoms with Crippen molar-refractivity contribution in [2.45, 2.75) is 12.6 Å². The molecule has 1 aromatic heterocycles. The summed E-state index contributed by atoms with van der Waals surface area (Å²) in [5, 5.41) is 12.0. The highest BCUT2D eigenvalue weighted by atomic mass is 32.1. The monoisotopic (exact) mass is 376 g/mol. The molecule has 0 radical (unpaired) electrons. The maximum absolute atomic E-state index is 12.1. The van der Waals surface area contributed by atoms with E-state index in [2.05, 4.69) is 22.4 Å². The molecule has 1 N–H and O–H groups in total. The molecule has 6 nitrogen and oxygen atoms in total. The second kappa shape index (κ2) is 8.53. The van der Waals surface area contributed by atoms with E-state index in [1.807, 2.05) is 4.90 Å². The summed E-state index contributed by atoms with van der Waals surface area (Å²) in [6.07, 6.45) is 0. The maximum Gasteiger partial charge on any atom is 0.325 e. The zero-order valence-electron chi connectivity index (χ0n) is 15.1. The van der Waals surface area contributed by atoms with E-state index in [9.17, 15) is 9.90 Å². The van der Waals surface area contributed by atoms with Crippen molar-refractivity contribution in [3.63, 3.8) is 0 Å². The van der Waals surface area contributed by atoms with Crippen LogP contribution in [0, 0.1) is 0 Å². The van der Waals surface area contributed by atoms with E-state index < -0.39 is 12.0 Å². The first-order valence-electron chi connectivity index (χ1n) is 8.56. The van der Waals surface area contributed by atoms with Gasteiger partial charge in [0.25, 0.3) is 0 Å². The van der Waals surface area contributed by atoms with Crippen molar-refractivity contribution < 1.29 is 19.4 Å². The first kappa shape index (κ1) is 18.7. The fraction of sp³-hybridized carbons (Fsp3) is 0.421. The average Bonchev–Trinajstić information content (AvgIpc) is 3.16. The molecule has 1 aromatic carbocycles. The lowest BCUT2D eigenvalue weighted by molar-refractivity contribution is -0.144. The number of rotatable bonds is 7. The molecule has 0 amide bonds. The van der Waals surface area contributed by atoms with Crippen molar-refractivity contribution in [1.29, 1.82) is 0 Å². The Kier molecular flexibility index (Phi) is 6.13. The fourth-order valence-electron chi connectivity index (χ4n) is 3.41. The van der Waals surface area contributed by atoms with Gasteiger partial charge in [-0.2, -0.15) is 0 Å². The Morgan fingerprint density at radius 1 is 1.12 bits per heavy atom. The normalized spacial score (nSPS) is 17.0. The minimum Gasteiger partial charge on any atom is -0.496 e. The Balaban J connectivity index is 1.77. The fourth-order valence-corrected chi connectivity index (χ4v) is 4.16. The second-order valence-electron chi connectivity index (χ2n) is 6.21. The van der Waals surface area contributed by atoms with E-state index in [4.69, 9.17) is 9.47 Å². The van der Waals surface area contributed by atoms with Crippen molar-refractivity contribution in [2.24, 2.45) is 0 Å². The second-order valence-corrected chi connectivity index (χ2v) is 7.24. The van der Waals surface area contributed by atoms with Gasteiger partial charge in [-0.3, -0.25) is 14.6 Å². The molecule has 140 valence electrons. The van der Waals surface area contributed by atoms with Gasteiger partial charge in [-0.05, 0) is 23.6 Å². The van der Waals surface area contributed by atoms with Crippen LogP contribution in [0.25, 0.3) is 0 Å². The number of aliphatic carboxylic acids is 1. The predicted molar refractivity (Wildman–Crippen MR) is 101 cm³/mol. The molecular formula is C19H24N2O4S. The molecule has 2 heterocycles. The number of methoxy groups -OCH3 is 2. The third kappa shape index (κ3) is 4.00. The lowest BCUT2D eigenvalue weighted by Crippen LogP contribution is -2.48. The molecule has 1 saturated heterocycles. The van der Waals surface area contributed by atoms with Crippen LogP contribution < -0.4 is 9.47 Å². The molecule has 3 rings (SSSR count). The lowest BCUT2D eigenvalue weighted by atomic mass is 10.0. The van der Waals surface area contributed by atoms with Crippen LogP contribution in [0.4, 0.5) is 0 Å². The Morgan fingerprint density at radius 3 is 2.27 bits per heavy atom. The summed E-state index contributed by atoms with van der Waals surface area (Å²) < 4.78 is 10.8. The largest absolute Gasteiger partial charge is 0.496 e. The van der Waals surface area contributed by atoms with Crippen LogP contribution >= 0.6 is 11.3 Å². The smallest absolute Gasteiger partial charge is 0.325 e. The summed E-state index contributed by atoms with van der Waals surface area (Å²) in [6.45, 7) is 3.95. The molecule has 1 aliphatic heterocycles. The van der Waals surface area contributed by atoms with E-state index in [0.29, 0.717) is 30.2 Å². The number of carboxylic acids is 1. The molecule has 0 saturated carbocycles. The predicted octanol–water partition coefficient (Wildman–Crippen LogP) is 2.71. The number of carboxylic acid groups (broad SMARTS) is 1. The number of benzene rings is 1. The third-order valence-corrected chi connectivity index (χ3v) is 5.57. The van der Waals surface area contributed by atoms with Crippen LogP contribution in [0.2, 0.25) is 0 Å². The number of piperazine rings is 1. The van der Waals surface area contributed by atoms with Gasteiger partial charge in [-0.15, -0.1) is 11.3 Å². The lowest BCUT2D eigenvalue weighted by Gasteiger charge is -2.38. The Bertz CT molecular complexity index is 705. The maximum atomic E-state index is 12.1. The van der Waals surface area contributed by atoms with Crippen LogP contribution in [0.1, 0.15) is 16.5 Å². The zero-order chi connectivity index (χ0) is 18.5. The molecule has 26 heavy (non-hydrogen) atoms. The first-order valence-corrected chi connectivity index (χ1v) is 9.44. The van der Waals surface area contributed by atoms with Gasteiger partial charge in [0, 0.05) is 37.6 Å². The molecule has 7 heteroatoms. The van der Waals surface area contributed by atoms with E-state index in [-0.39, 0.29) is 0 Å². The van der Waals surface area contributed by atoms with Gasteiger partial charge in [0.15, 0.2) is 0 Å². The quantitative estimate of drug-likeness (QED) is 0.802. The zero-order valence-corrected chi connectivity index (χ0v) is 15.9. The molecule has 1 aliphatic rings. The summed E-state index contributed by atoms with van der Waals surface area (Å²) >= 11 is 1.75. The number of hydrogen-bond donors (Lipinski definition) is 1. The van der Waals surface area contributed by atoms with Crippen LogP contribution in [-0.4, -0.2) is 61.3 Å². The van der Waals surface area contributed by atoms with Gasteiger partial charge in [-0.1, -0.05) is 12.1 Å². The average molecular weight is 376 g/mol. The van der Waals surface area contributed by atoms with Gasteiger partial charge in [0.2, 0.25) is 0 Å². The minimum atomic E-state index is -0.889. The van der Waals surface area contributed by atoms with Crippen LogP contribution in [0.15, 0.2) is 35.7 Å². The van der Waals surface area contributed by atoms with Crippen molar-refractivity contribution in [3.05, 3.63) is 46.2 Å². The number of carbonyl (C=O) groups is 1. The Morgan fingerprint density at radius 2 is 1.77 bits per heavy atom. The molecule has 0 aliphatic carbocycles. The molecule has 1 atom stereocenters. The molecule has 0 bridgehead atoms. The van der Waals surface area contributed by atoms with E-state index >= 15 is 0 Å². The van der Waals surface area contributed by atoms with Crippen LogP contribution in [0.3, 0.4) is 0 Å². The highest BCUT2D eigenvalue weighted by Crippen LogP contribution is 2.37. The van der Waals surface area contributed by atoms with E-state index in [0.717, 1.165) is 19.6 Å². The number of ether oxygens (including phenoxy) is 2. The van der Waals surface area contributed by atoms with E-state index in [1.165, 1.54) is 4.88 Å². The highest BCUT2D eigenvalue weighted by Gasteiger charge is 2.34. The molecule has 1 unspecified atom stereocenters. The van der Waals surface area contributed by atoms with Gasteiger partial charge in [0.1, 0.15) is 17.5 Å². The number of thiophene rings is 1. The number of hydrogen-bond acceptors (Lipinski definition) is 6. The summed E-state index contributed by atoms with van der Waals surface area (Å²) in [6, 6.07) is 8.77. The summed E-state index contributed by atoms with van der Waals surface area (Å²) in [7, 11) is 3.10. The van der Waals surface area contributed by atoms with Crippen molar-refractivity contribution in [3.8, 4) is 11.5 Å². The van der Waals surface area contributed by atoms with E-state index in [1.54, 1.807) is 43.8 Å². The van der Waals surface area contributed by atoms with Gasteiger partial charge in [0.05, 0.1) is 19.8 Å². The summed E-state index contributed by atoms with van der Waals surface area (Å²) in [5.74, 6) is 0.190. The molecule has 1 fully saturated rings. The Hall–Kier alpha value is -2.09. The van der Waals surface area contributed by atoms with Crippen molar-refractivity contribution >= 4 is 17.3 Å². The summed E-state index contributed by atoms with van der Waals surface area (Å²) in [4.78, 5) is 17.8. The molecular weight excluding hydrogens is 352 g/mol. The highest BCUT2D eigenvalue weighted by molar-refractivity contribution is 7.09.